The number of carboxylic acids is 1. The van der Waals surface area contributed by atoms with Crippen LogP contribution in [0, 0.1) is 5.92 Å². The van der Waals surface area contributed by atoms with Crippen LogP contribution in [0.4, 0.5) is 0 Å². The lowest BCUT2D eigenvalue weighted by atomic mass is 9.96. The van der Waals surface area contributed by atoms with Gasteiger partial charge >= 0.3 is 11.9 Å². The van der Waals surface area contributed by atoms with Gasteiger partial charge in [-0.25, -0.2) is 0 Å². The van der Waals surface area contributed by atoms with E-state index in [1.807, 2.05) is 0 Å². The lowest BCUT2D eigenvalue weighted by molar-refractivity contribution is -0.145. The van der Waals surface area contributed by atoms with Gasteiger partial charge in [0.25, 0.3) is 0 Å². The van der Waals surface area contributed by atoms with Gasteiger partial charge in [0.15, 0.2) is 0 Å². The fourth-order valence-electron chi connectivity index (χ4n) is 1.73. The zero-order valence-corrected chi connectivity index (χ0v) is 10.9. The number of carbonyl (C=O) groups is 2. The van der Waals surface area contributed by atoms with Gasteiger partial charge in [0, 0.05) is 6.42 Å². The molecule has 0 saturated carbocycles. The highest BCUT2D eigenvalue weighted by molar-refractivity contribution is 5.73. The van der Waals surface area contributed by atoms with Crippen molar-refractivity contribution in [1.82, 2.24) is 0 Å². The number of carbonyl (C=O) groups excluding carboxylic acids is 1. The van der Waals surface area contributed by atoms with Crippen LogP contribution < -0.4 is 0 Å². The number of hydrogen-bond donors (Lipinski definition) is 1. The Kier molecular flexibility index (Phi) is 9.49. The van der Waals surface area contributed by atoms with E-state index in [1.165, 1.54) is 0 Å². The molecule has 0 aromatic rings. The Morgan fingerprint density at radius 3 is 2.35 bits per heavy atom. The lowest BCUT2D eigenvalue weighted by Crippen LogP contribution is -2.16. The number of carboxylic acid groups (broad SMARTS) is 1. The normalized spacial score (nSPS) is 12.1. The average Bonchev–Trinajstić information content (AvgIpc) is 2.28. The van der Waals surface area contributed by atoms with E-state index >= 15 is 0 Å². The van der Waals surface area contributed by atoms with Crippen molar-refractivity contribution in [1.29, 1.82) is 0 Å². The second-order valence-corrected chi connectivity index (χ2v) is 4.23. The summed E-state index contributed by atoms with van der Waals surface area (Å²) >= 11 is 0. The van der Waals surface area contributed by atoms with Crippen LogP contribution in [0.5, 0.6) is 0 Å². The Bertz CT molecular complexity index is 225. The van der Waals surface area contributed by atoms with Gasteiger partial charge in [-0.05, 0) is 19.8 Å². The molecule has 17 heavy (non-hydrogen) atoms. The maximum Gasteiger partial charge on any atom is 0.306 e. The molecule has 0 rings (SSSR count). The van der Waals surface area contributed by atoms with Gasteiger partial charge in [-0.1, -0.05) is 32.6 Å². The average molecular weight is 244 g/mol. The van der Waals surface area contributed by atoms with E-state index in [4.69, 9.17) is 9.84 Å². The summed E-state index contributed by atoms with van der Waals surface area (Å²) in [6.07, 6.45) is 5.53. The first-order valence-electron chi connectivity index (χ1n) is 6.50. The molecule has 4 nitrogen and oxygen atoms in total. The Hall–Kier alpha value is -1.06. The fourth-order valence-corrected chi connectivity index (χ4v) is 1.73. The molecule has 1 unspecified atom stereocenters. The van der Waals surface area contributed by atoms with Crippen LogP contribution in [0.2, 0.25) is 0 Å². The number of ether oxygens (including phenoxy) is 1. The van der Waals surface area contributed by atoms with E-state index in [9.17, 15) is 9.59 Å². The van der Waals surface area contributed by atoms with Crippen molar-refractivity contribution in [3.63, 3.8) is 0 Å². The zero-order valence-electron chi connectivity index (χ0n) is 10.9. The highest BCUT2D eigenvalue weighted by Gasteiger charge is 2.18. The first-order chi connectivity index (χ1) is 8.11. The molecular weight excluding hydrogens is 220 g/mol. The third-order valence-electron chi connectivity index (χ3n) is 2.76. The molecule has 0 aromatic heterocycles. The van der Waals surface area contributed by atoms with Gasteiger partial charge in [-0.2, -0.15) is 0 Å². The molecule has 0 amide bonds. The van der Waals surface area contributed by atoms with E-state index in [0.29, 0.717) is 19.4 Å². The van der Waals surface area contributed by atoms with Gasteiger partial charge in [-0.3, -0.25) is 9.59 Å². The Balaban J connectivity index is 3.82. The van der Waals surface area contributed by atoms with Crippen molar-refractivity contribution in [3.8, 4) is 0 Å². The van der Waals surface area contributed by atoms with Gasteiger partial charge in [0.1, 0.15) is 0 Å². The first-order valence-corrected chi connectivity index (χ1v) is 6.50. The molecule has 0 spiro atoms. The summed E-state index contributed by atoms with van der Waals surface area (Å²) in [5.74, 6) is -1.51. The van der Waals surface area contributed by atoms with Crippen LogP contribution in [0.15, 0.2) is 0 Å². The summed E-state index contributed by atoms with van der Waals surface area (Å²) in [5.41, 5.74) is 0. The van der Waals surface area contributed by atoms with Crippen molar-refractivity contribution in [2.75, 3.05) is 6.61 Å². The number of esters is 1. The second kappa shape index (κ2) is 10.1. The van der Waals surface area contributed by atoms with Crippen molar-refractivity contribution in [2.45, 2.75) is 58.8 Å². The van der Waals surface area contributed by atoms with Crippen LogP contribution in [0.3, 0.4) is 0 Å². The van der Waals surface area contributed by atoms with Crippen molar-refractivity contribution in [2.24, 2.45) is 5.92 Å². The summed E-state index contributed by atoms with van der Waals surface area (Å²) in [6, 6.07) is 0. The van der Waals surface area contributed by atoms with E-state index in [0.717, 1.165) is 25.7 Å². The minimum atomic E-state index is -0.800. The Morgan fingerprint density at radius 2 is 1.82 bits per heavy atom. The molecule has 0 bridgehead atoms. The monoisotopic (exact) mass is 244 g/mol. The molecule has 0 radical (unpaired) electrons. The first kappa shape index (κ1) is 15.9. The molecule has 100 valence electrons. The predicted octanol–water partition coefficient (Wildman–Crippen LogP) is 3.00. The molecule has 0 aliphatic heterocycles. The van der Waals surface area contributed by atoms with Crippen molar-refractivity contribution >= 4 is 11.9 Å². The zero-order chi connectivity index (χ0) is 13.1. The second-order valence-electron chi connectivity index (χ2n) is 4.23. The van der Waals surface area contributed by atoms with E-state index < -0.39 is 11.9 Å². The molecule has 0 aromatic carbocycles. The largest absolute Gasteiger partial charge is 0.481 e. The summed E-state index contributed by atoms with van der Waals surface area (Å²) in [7, 11) is 0. The Labute approximate surface area is 103 Å². The van der Waals surface area contributed by atoms with Crippen LogP contribution >= 0.6 is 0 Å². The van der Waals surface area contributed by atoms with Gasteiger partial charge in [-0.15, -0.1) is 0 Å². The SMILES string of the molecule is CCCCCCC(CCC(=O)OCC)C(=O)O. The van der Waals surface area contributed by atoms with Gasteiger partial charge in [0.2, 0.25) is 0 Å². The van der Waals surface area contributed by atoms with Crippen LogP contribution in [-0.4, -0.2) is 23.7 Å². The smallest absolute Gasteiger partial charge is 0.306 e. The van der Waals surface area contributed by atoms with Crippen LogP contribution in [0.25, 0.3) is 0 Å². The van der Waals surface area contributed by atoms with Crippen LogP contribution in [-0.2, 0) is 14.3 Å². The maximum atomic E-state index is 11.1. The third-order valence-corrected chi connectivity index (χ3v) is 2.76. The summed E-state index contributed by atoms with van der Waals surface area (Å²) < 4.78 is 4.78. The third kappa shape index (κ3) is 8.72. The highest BCUT2D eigenvalue weighted by atomic mass is 16.5. The quantitative estimate of drug-likeness (QED) is 0.474. The molecule has 0 aliphatic carbocycles. The minimum absolute atomic E-state index is 0.207. The molecule has 0 heterocycles. The molecule has 0 aliphatic rings. The van der Waals surface area contributed by atoms with Crippen LogP contribution in [0.1, 0.15) is 58.8 Å². The number of hydrogen-bond acceptors (Lipinski definition) is 3. The standard InChI is InChI=1S/C13H24O4/c1-3-5-6-7-8-11(13(15)16)9-10-12(14)17-4-2/h11H,3-10H2,1-2H3,(H,15,16). The minimum Gasteiger partial charge on any atom is -0.481 e. The molecule has 4 heteroatoms. The van der Waals surface area contributed by atoms with Crippen molar-refractivity contribution < 1.29 is 19.4 Å². The molecule has 1 atom stereocenters. The molecule has 0 saturated heterocycles. The summed E-state index contributed by atoms with van der Waals surface area (Å²) in [5, 5.41) is 9.02. The van der Waals surface area contributed by atoms with E-state index in [1.54, 1.807) is 6.92 Å². The predicted molar refractivity (Wildman–Crippen MR) is 65.8 cm³/mol. The molecule has 1 N–H and O–H groups in total. The fraction of sp³-hybridized carbons (Fsp3) is 0.846. The number of rotatable bonds is 10. The topological polar surface area (TPSA) is 63.6 Å². The van der Waals surface area contributed by atoms with Gasteiger partial charge in [0.05, 0.1) is 12.5 Å². The van der Waals surface area contributed by atoms with Gasteiger partial charge < -0.3 is 9.84 Å². The lowest BCUT2D eigenvalue weighted by Gasteiger charge is -2.11. The summed E-state index contributed by atoms with van der Waals surface area (Å²) in [4.78, 5) is 22.1. The number of aliphatic carboxylic acids is 1. The Morgan fingerprint density at radius 1 is 1.12 bits per heavy atom. The molecular formula is C13H24O4. The summed E-state index contributed by atoms with van der Waals surface area (Å²) in [6.45, 7) is 4.22. The van der Waals surface area contributed by atoms with E-state index in [2.05, 4.69) is 6.92 Å². The highest BCUT2D eigenvalue weighted by Crippen LogP contribution is 2.17. The van der Waals surface area contributed by atoms with E-state index in [-0.39, 0.29) is 12.4 Å². The molecule has 0 fully saturated rings. The maximum absolute atomic E-state index is 11.1. The number of unbranched alkanes of at least 4 members (excludes halogenated alkanes) is 3. The van der Waals surface area contributed by atoms with Crippen molar-refractivity contribution in [3.05, 3.63) is 0 Å².